The van der Waals surface area contributed by atoms with Crippen molar-refractivity contribution in [2.24, 2.45) is 0 Å². The van der Waals surface area contributed by atoms with Crippen molar-refractivity contribution >= 4 is 28.9 Å². The Labute approximate surface area is 151 Å². The Balaban J connectivity index is 1.62. The molecule has 0 aliphatic heterocycles. The maximum Gasteiger partial charge on any atom is 0.192 e. The summed E-state index contributed by atoms with van der Waals surface area (Å²) >= 11 is 3.43. The van der Waals surface area contributed by atoms with Crippen LogP contribution in [0, 0.1) is 0 Å². The van der Waals surface area contributed by atoms with Crippen LogP contribution in [-0.2, 0) is 11.2 Å². The summed E-state index contributed by atoms with van der Waals surface area (Å²) in [6, 6.07) is 4.76. The molecule has 24 heavy (non-hydrogen) atoms. The first-order valence-electron chi connectivity index (χ1n) is 8.97. The van der Waals surface area contributed by atoms with Gasteiger partial charge in [-0.15, -0.1) is 21.5 Å². The number of hydrogen-bond donors (Lipinski definition) is 0. The van der Waals surface area contributed by atoms with Crippen LogP contribution in [0.3, 0.4) is 0 Å². The second-order valence-corrected chi connectivity index (χ2v) is 8.98. The zero-order valence-corrected chi connectivity index (χ0v) is 15.5. The zero-order chi connectivity index (χ0) is 16.4. The molecule has 0 aromatic carbocycles. The van der Waals surface area contributed by atoms with Crippen LogP contribution >= 0.6 is 23.1 Å². The molecule has 4 nitrogen and oxygen atoms in total. The molecule has 2 heterocycles. The molecule has 2 aromatic rings. The third-order valence-electron chi connectivity index (χ3n) is 5.08. The van der Waals surface area contributed by atoms with E-state index >= 15 is 0 Å². The predicted octanol–water partition coefficient (Wildman–Crippen LogP) is 4.65. The van der Waals surface area contributed by atoms with Crippen molar-refractivity contribution in [1.29, 1.82) is 0 Å². The fourth-order valence-electron chi connectivity index (χ4n) is 3.82. The Morgan fingerprint density at radius 3 is 2.75 bits per heavy atom. The summed E-state index contributed by atoms with van der Waals surface area (Å²) in [7, 11) is 0. The van der Waals surface area contributed by atoms with Crippen LogP contribution in [0.25, 0.3) is 0 Å². The summed E-state index contributed by atoms with van der Waals surface area (Å²) < 4.78 is 2.37. The molecule has 2 aliphatic carbocycles. The normalized spacial score (nSPS) is 22.3. The fraction of sp³-hybridized carbons (Fsp3) is 0.611. The Bertz CT molecular complexity index is 689. The Morgan fingerprint density at radius 1 is 1.17 bits per heavy atom. The van der Waals surface area contributed by atoms with Crippen molar-refractivity contribution in [2.45, 2.75) is 74.2 Å². The summed E-state index contributed by atoms with van der Waals surface area (Å²) in [5.74, 6) is 1.45. The second-order valence-electron chi connectivity index (χ2n) is 6.78. The van der Waals surface area contributed by atoms with Gasteiger partial charge in [0.15, 0.2) is 5.16 Å². The number of aromatic nitrogens is 3. The predicted molar refractivity (Wildman–Crippen MR) is 97.8 cm³/mol. The molecule has 0 bridgehead atoms. The summed E-state index contributed by atoms with van der Waals surface area (Å²) in [4.78, 5) is 13.4. The number of Topliss-reactive ketones (excluding diaryl/α,β-unsaturated/α-hetero) is 1. The topological polar surface area (TPSA) is 47.8 Å². The van der Waals surface area contributed by atoms with Gasteiger partial charge in [-0.1, -0.05) is 37.1 Å². The highest BCUT2D eigenvalue weighted by Crippen LogP contribution is 2.37. The highest BCUT2D eigenvalue weighted by atomic mass is 32.2. The van der Waals surface area contributed by atoms with E-state index in [0.29, 0.717) is 11.8 Å². The Kier molecular flexibility index (Phi) is 5.03. The fourth-order valence-corrected chi connectivity index (χ4v) is 5.76. The molecule has 128 valence electrons. The molecule has 0 saturated heterocycles. The van der Waals surface area contributed by atoms with Gasteiger partial charge in [-0.2, -0.15) is 0 Å². The van der Waals surface area contributed by atoms with Crippen LogP contribution < -0.4 is 0 Å². The summed E-state index contributed by atoms with van der Waals surface area (Å²) in [5, 5.41) is 12.2. The smallest absolute Gasteiger partial charge is 0.192 e. The second kappa shape index (κ2) is 7.40. The van der Waals surface area contributed by atoms with Crippen LogP contribution in [0.5, 0.6) is 0 Å². The quantitative estimate of drug-likeness (QED) is 0.778. The molecule has 0 N–H and O–H groups in total. The lowest BCUT2D eigenvalue weighted by molar-refractivity contribution is -0.116. The first kappa shape index (κ1) is 16.3. The van der Waals surface area contributed by atoms with E-state index in [1.54, 1.807) is 23.1 Å². The van der Waals surface area contributed by atoms with Crippen LogP contribution in [0.2, 0.25) is 0 Å². The van der Waals surface area contributed by atoms with Crippen molar-refractivity contribution in [3.8, 4) is 0 Å². The zero-order valence-electron chi connectivity index (χ0n) is 13.8. The largest absolute Gasteiger partial charge is 0.303 e. The average Bonchev–Trinajstić information content (AvgIpc) is 3.33. The van der Waals surface area contributed by atoms with E-state index in [1.165, 1.54) is 37.0 Å². The maximum atomic E-state index is 12.1. The molecule has 1 atom stereocenters. The molecule has 2 aromatic heterocycles. The number of carbonyl (C=O) groups is 1. The number of thiophene rings is 1. The molecule has 0 radical (unpaired) electrons. The number of nitrogens with zero attached hydrogens (tertiary/aromatic N) is 3. The molecule has 0 spiro atoms. The minimum atomic E-state index is 0.0890. The monoisotopic (exact) mass is 361 g/mol. The number of thioether (sulfide) groups is 1. The van der Waals surface area contributed by atoms with Crippen LogP contribution in [0.4, 0.5) is 0 Å². The summed E-state index contributed by atoms with van der Waals surface area (Å²) in [5.41, 5.74) is 0. The highest BCUT2D eigenvalue weighted by Gasteiger charge is 2.30. The maximum absolute atomic E-state index is 12.1. The molecule has 4 rings (SSSR count). The lowest BCUT2D eigenvalue weighted by atomic mass is 9.95. The van der Waals surface area contributed by atoms with Gasteiger partial charge in [0, 0.05) is 23.8 Å². The number of hydrogen-bond acceptors (Lipinski definition) is 5. The minimum absolute atomic E-state index is 0.0890. The van der Waals surface area contributed by atoms with E-state index in [0.717, 1.165) is 36.7 Å². The average molecular weight is 362 g/mol. The standard InChI is InChI=1S/C18H23N3OS2/c22-15-9-4-10-16(15)24-18-20-19-17(12-14-8-5-11-23-14)21(18)13-6-2-1-3-7-13/h5,8,11,13,16H,1-4,6-7,9-10,12H2. The van der Waals surface area contributed by atoms with Gasteiger partial charge in [-0.3, -0.25) is 4.79 Å². The van der Waals surface area contributed by atoms with E-state index in [9.17, 15) is 4.79 Å². The number of carbonyl (C=O) groups excluding carboxylic acids is 1. The molecule has 2 saturated carbocycles. The van der Waals surface area contributed by atoms with Crippen LogP contribution in [-0.4, -0.2) is 25.8 Å². The van der Waals surface area contributed by atoms with Gasteiger partial charge < -0.3 is 4.57 Å². The lowest BCUT2D eigenvalue weighted by Crippen LogP contribution is -2.18. The van der Waals surface area contributed by atoms with E-state index in [1.807, 2.05) is 0 Å². The Hall–Kier alpha value is -1.14. The third-order valence-corrected chi connectivity index (χ3v) is 7.23. The molecule has 1 unspecified atom stereocenters. The van der Waals surface area contributed by atoms with Gasteiger partial charge in [0.05, 0.1) is 5.25 Å². The molecule has 6 heteroatoms. The molecular formula is C18H23N3OS2. The van der Waals surface area contributed by atoms with Gasteiger partial charge in [0.2, 0.25) is 0 Å². The van der Waals surface area contributed by atoms with Crippen LogP contribution in [0.15, 0.2) is 22.7 Å². The van der Waals surface area contributed by atoms with Crippen molar-refractivity contribution in [3.05, 3.63) is 28.2 Å². The van der Waals surface area contributed by atoms with E-state index < -0.39 is 0 Å². The molecule has 2 aliphatic rings. The molecule has 2 fully saturated rings. The van der Waals surface area contributed by atoms with E-state index in [2.05, 4.69) is 32.3 Å². The molecule has 0 amide bonds. The minimum Gasteiger partial charge on any atom is -0.303 e. The first-order chi connectivity index (χ1) is 11.8. The van der Waals surface area contributed by atoms with Gasteiger partial charge in [-0.25, -0.2) is 0 Å². The summed E-state index contributed by atoms with van der Waals surface area (Å²) in [6.07, 6.45) is 9.92. The third kappa shape index (κ3) is 3.45. The summed E-state index contributed by atoms with van der Waals surface area (Å²) in [6.45, 7) is 0. The van der Waals surface area contributed by atoms with Gasteiger partial charge >= 0.3 is 0 Å². The van der Waals surface area contributed by atoms with Gasteiger partial charge in [0.25, 0.3) is 0 Å². The van der Waals surface area contributed by atoms with Crippen molar-refractivity contribution in [3.63, 3.8) is 0 Å². The van der Waals surface area contributed by atoms with Crippen molar-refractivity contribution < 1.29 is 4.79 Å². The first-order valence-corrected chi connectivity index (χ1v) is 10.7. The van der Waals surface area contributed by atoms with Gasteiger partial charge in [-0.05, 0) is 37.1 Å². The SMILES string of the molecule is O=C1CCCC1Sc1nnc(Cc2cccs2)n1C1CCCCC1. The van der Waals surface area contributed by atoms with Crippen LogP contribution in [0.1, 0.15) is 68.1 Å². The number of rotatable bonds is 5. The van der Waals surface area contributed by atoms with Gasteiger partial charge in [0.1, 0.15) is 11.6 Å². The lowest BCUT2D eigenvalue weighted by Gasteiger charge is -2.26. The number of ketones is 1. The van der Waals surface area contributed by atoms with Crippen molar-refractivity contribution in [1.82, 2.24) is 14.8 Å². The van der Waals surface area contributed by atoms with E-state index in [4.69, 9.17) is 0 Å². The molecular weight excluding hydrogens is 338 g/mol. The van der Waals surface area contributed by atoms with Crippen molar-refractivity contribution in [2.75, 3.05) is 0 Å². The Morgan fingerprint density at radius 2 is 2.04 bits per heavy atom. The highest BCUT2D eigenvalue weighted by molar-refractivity contribution is 8.00. The van der Waals surface area contributed by atoms with E-state index in [-0.39, 0.29) is 5.25 Å².